The summed E-state index contributed by atoms with van der Waals surface area (Å²) in [5.41, 5.74) is 5.03. The molecule has 2 heterocycles. The van der Waals surface area contributed by atoms with Gasteiger partial charge < -0.3 is 34.7 Å². The van der Waals surface area contributed by atoms with E-state index in [1.807, 2.05) is 6.92 Å². The molecule has 3 aliphatic carbocycles. The monoisotopic (exact) mass is 479 g/mol. The van der Waals surface area contributed by atoms with Crippen molar-refractivity contribution in [2.45, 2.75) is 83.5 Å². The first-order valence-corrected chi connectivity index (χ1v) is 12.5. The first-order chi connectivity index (χ1) is 16.1. The molecule has 0 spiro atoms. The standard InChI is InChI=1S/C23H38BN3O7/c1-5-6-18(24-33-17-12-14-11-16(22(14,2)3)23(17,4)34-24)26-20(29)15(32-21(25)30)13-19(28)27-7-9-31-10-8-27/h14-18H,5-13H2,1-4H3,(H2,25,30)(H,26,29)/t14-,15?,16-,17+,18?,23-/m0/s1. The Kier molecular flexibility index (Phi) is 7.17. The Hall–Kier alpha value is -1.85. The number of nitrogens with one attached hydrogen (secondary N) is 1. The number of nitrogens with two attached hydrogens (primary N) is 1. The molecule has 3 amide bonds. The van der Waals surface area contributed by atoms with Gasteiger partial charge in [0.2, 0.25) is 5.91 Å². The Morgan fingerprint density at radius 1 is 1.21 bits per heavy atom. The fraction of sp³-hybridized carbons (Fsp3) is 0.870. The molecule has 5 fully saturated rings. The Balaban J connectivity index is 1.42. The minimum Gasteiger partial charge on any atom is -0.436 e. The number of amides is 3. The molecule has 2 bridgehead atoms. The predicted molar refractivity (Wildman–Crippen MR) is 123 cm³/mol. The number of hydrogen-bond donors (Lipinski definition) is 2. The highest BCUT2D eigenvalue weighted by molar-refractivity contribution is 6.47. The molecule has 11 heteroatoms. The van der Waals surface area contributed by atoms with Crippen molar-refractivity contribution in [3.05, 3.63) is 0 Å². The summed E-state index contributed by atoms with van der Waals surface area (Å²) >= 11 is 0. The summed E-state index contributed by atoms with van der Waals surface area (Å²) in [4.78, 5) is 38.9. The highest BCUT2D eigenvalue weighted by Gasteiger charge is 2.68. The normalized spacial score (nSPS) is 33.4. The minimum absolute atomic E-state index is 0.00824. The van der Waals surface area contributed by atoms with Crippen LogP contribution in [0.2, 0.25) is 0 Å². The molecule has 2 saturated heterocycles. The Bertz CT molecular complexity index is 805. The molecule has 10 nitrogen and oxygen atoms in total. The van der Waals surface area contributed by atoms with Crippen molar-refractivity contribution in [3.63, 3.8) is 0 Å². The van der Waals surface area contributed by atoms with Gasteiger partial charge in [0.15, 0.2) is 6.10 Å². The molecule has 190 valence electrons. The highest BCUT2D eigenvalue weighted by Crippen LogP contribution is 2.65. The molecule has 3 N–H and O–H groups in total. The largest absolute Gasteiger partial charge is 0.481 e. The van der Waals surface area contributed by atoms with Crippen LogP contribution >= 0.6 is 0 Å². The lowest BCUT2D eigenvalue weighted by atomic mass is 9.43. The van der Waals surface area contributed by atoms with E-state index in [9.17, 15) is 14.4 Å². The number of morpholine rings is 1. The summed E-state index contributed by atoms with van der Waals surface area (Å²) in [5, 5.41) is 2.93. The van der Waals surface area contributed by atoms with Gasteiger partial charge in [-0.05, 0) is 43.4 Å². The van der Waals surface area contributed by atoms with Gasteiger partial charge in [0.25, 0.3) is 5.91 Å². The van der Waals surface area contributed by atoms with Crippen LogP contribution in [0.15, 0.2) is 0 Å². The number of rotatable bonds is 8. The first kappa shape index (κ1) is 25.3. The van der Waals surface area contributed by atoms with Crippen LogP contribution in [0, 0.1) is 17.3 Å². The van der Waals surface area contributed by atoms with Crippen molar-refractivity contribution < 1.29 is 33.2 Å². The number of ether oxygens (including phenoxy) is 2. The first-order valence-electron chi connectivity index (χ1n) is 12.5. The summed E-state index contributed by atoms with van der Waals surface area (Å²) in [6.07, 6.45) is 0.792. The molecule has 3 saturated carbocycles. The van der Waals surface area contributed by atoms with E-state index in [0.717, 1.165) is 19.3 Å². The molecule has 34 heavy (non-hydrogen) atoms. The smallest absolute Gasteiger partial charge is 0.436 e. The van der Waals surface area contributed by atoms with E-state index in [1.54, 1.807) is 4.90 Å². The Morgan fingerprint density at radius 3 is 2.53 bits per heavy atom. The second kappa shape index (κ2) is 9.66. The minimum atomic E-state index is -1.32. The number of nitrogens with zero attached hydrogens (tertiary/aromatic N) is 1. The van der Waals surface area contributed by atoms with E-state index in [4.69, 9.17) is 24.5 Å². The quantitative estimate of drug-likeness (QED) is 0.502. The van der Waals surface area contributed by atoms with Gasteiger partial charge >= 0.3 is 13.2 Å². The van der Waals surface area contributed by atoms with Gasteiger partial charge in [0, 0.05) is 13.1 Å². The molecule has 6 atom stereocenters. The zero-order valence-electron chi connectivity index (χ0n) is 20.7. The van der Waals surface area contributed by atoms with Crippen LogP contribution < -0.4 is 11.1 Å². The molecular weight excluding hydrogens is 441 g/mol. The van der Waals surface area contributed by atoms with Crippen LogP contribution in [0.3, 0.4) is 0 Å². The van der Waals surface area contributed by atoms with Gasteiger partial charge in [0.05, 0.1) is 37.3 Å². The van der Waals surface area contributed by atoms with Gasteiger partial charge in [-0.15, -0.1) is 0 Å². The number of carbonyl (C=O) groups excluding carboxylic acids is 3. The van der Waals surface area contributed by atoms with Crippen LogP contribution in [0.25, 0.3) is 0 Å². The van der Waals surface area contributed by atoms with E-state index >= 15 is 0 Å². The van der Waals surface area contributed by atoms with Crippen molar-refractivity contribution in [2.24, 2.45) is 23.0 Å². The van der Waals surface area contributed by atoms with Crippen LogP contribution in [-0.4, -0.2) is 80.0 Å². The van der Waals surface area contributed by atoms with Crippen LogP contribution in [0.5, 0.6) is 0 Å². The highest BCUT2D eigenvalue weighted by atomic mass is 16.7. The van der Waals surface area contributed by atoms with Gasteiger partial charge in [-0.25, -0.2) is 4.79 Å². The maximum Gasteiger partial charge on any atom is 0.481 e. The zero-order valence-corrected chi connectivity index (χ0v) is 20.7. The summed E-state index contributed by atoms with van der Waals surface area (Å²) in [7, 11) is -0.599. The lowest BCUT2D eigenvalue weighted by Gasteiger charge is -2.64. The van der Waals surface area contributed by atoms with Crippen molar-refractivity contribution in [1.82, 2.24) is 10.2 Å². The lowest BCUT2D eigenvalue weighted by molar-refractivity contribution is -0.199. The third kappa shape index (κ3) is 4.66. The van der Waals surface area contributed by atoms with Crippen molar-refractivity contribution in [3.8, 4) is 0 Å². The van der Waals surface area contributed by atoms with E-state index in [1.165, 1.54) is 0 Å². The third-order valence-corrected chi connectivity index (χ3v) is 8.50. The van der Waals surface area contributed by atoms with Gasteiger partial charge in [-0.3, -0.25) is 9.59 Å². The molecular formula is C23H38BN3O7. The number of carbonyl (C=O) groups is 3. The summed E-state index contributed by atoms with van der Waals surface area (Å²) in [6, 6.07) is 0. The van der Waals surface area contributed by atoms with Gasteiger partial charge in [0.1, 0.15) is 0 Å². The average Bonchev–Trinajstić information content (AvgIpc) is 3.15. The molecule has 2 aliphatic heterocycles. The zero-order chi connectivity index (χ0) is 24.7. The molecule has 0 aromatic carbocycles. The molecule has 2 unspecified atom stereocenters. The average molecular weight is 479 g/mol. The van der Waals surface area contributed by atoms with E-state index in [2.05, 4.69) is 26.1 Å². The van der Waals surface area contributed by atoms with E-state index in [0.29, 0.717) is 44.6 Å². The Labute approximate surface area is 201 Å². The maximum absolute atomic E-state index is 13.2. The fourth-order valence-corrected chi connectivity index (χ4v) is 6.36. The predicted octanol–water partition coefficient (Wildman–Crippen LogP) is 1.25. The van der Waals surface area contributed by atoms with Crippen LogP contribution in [0.4, 0.5) is 4.79 Å². The Morgan fingerprint density at radius 2 is 1.91 bits per heavy atom. The molecule has 0 aromatic heterocycles. The van der Waals surface area contributed by atoms with Crippen molar-refractivity contribution in [1.29, 1.82) is 0 Å². The van der Waals surface area contributed by atoms with Crippen LogP contribution in [-0.2, 0) is 28.4 Å². The molecule has 0 radical (unpaired) electrons. The summed E-state index contributed by atoms with van der Waals surface area (Å²) in [5.74, 6) is -0.264. The molecule has 0 aromatic rings. The lowest BCUT2D eigenvalue weighted by Crippen LogP contribution is -2.65. The maximum atomic E-state index is 13.2. The number of primary amides is 1. The van der Waals surface area contributed by atoms with Crippen molar-refractivity contribution >= 4 is 25.0 Å². The summed E-state index contributed by atoms with van der Waals surface area (Å²) < 4.78 is 23.2. The van der Waals surface area contributed by atoms with Gasteiger partial charge in [-0.1, -0.05) is 27.2 Å². The molecule has 5 rings (SSSR count). The second-order valence-electron chi connectivity index (χ2n) is 10.9. The topological polar surface area (TPSA) is 129 Å². The number of hydrogen-bond acceptors (Lipinski definition) is 7. The van der Waals surface area contributed by atoms with Gasteiger partial charge in [-0.2, -0.15) is 0 Å². The van der Waals surface area contributed by atoms with E-state index in [-0.39, 0.29) is 23.8 Å². The van der Waals surface area contributed by atoms with E-state index < -0.39 is 36.8 Å². The fourth-order valence-electron chi connectivity index (χ4n) is 6.36. The molecule has 5 aliphatic rings. The third-order valence-electron chi connectivity index (χ3n) is 8.50. The summed E-state index contributed by atoms with van der Waals surface area (Å²) in [6.45, 7) is 10.5. The second-order valence-corrected chi connectivity index (χ2v) is 10.9. The SMILES string of the molecule is CCCC(NC(=O)C(CC(=O)N1CCOCC1)OC(N)=O)B1O[C@@H]2C[C@@H]3C[C@@H](C3(C)C)[C@]2(C)O1. The van der Waals surface area contributed by atoms with Crippen LogP contribution in [0.1, 0.15) is 59.8 Å². The van der Waals surface area contributed by atoms with Crippen molar-refractivity contribution in [2.75, 3.05) is 26.3 Å².